The van der Waals surface area contributed by atoms with E-state index in [2.05, 4.69) is 5.32 Å². The van der Waals surface area contributed by atoms with E-state index in [1.807, 2.05) is 36.4 Å². The summed E-state index contributed by atoms with van der Waals surface area (Å²) >= 11 is 0. The number of rotatable bonds is 5. The van der Waals surface area contributed by atoms with Gasteiger partial charge in [0.25, 0.3) is 5.91 Å². The van der Waals surface area contributed by atoms with Crippen LogP contribution >= 0.6 is 0 Å². The Hall–Kier alpha value is -2.36. The molecule has 0 heterocycles. The standard InChI is InChI=1S/C20H23NO3/c22-19(24-14-15-6-2-1-3-7-15)13-21-20(23)18-11-10-16-8-4-5-9-17(16)12-18/h4-5,8-12,15H,1-3,6-7,13-14H2,(H,21,23). The minimum absolute atomic E-state index is 0.0849. The van der Waals surface area contributed by atoms with Gasteiger partial charge in [-0.2, -0.15) is 0 Å². The normalized spacial score (nSPS) is 15.2. The fraction of sp³-hybridized carbons (Fsp3) is 0.400. The second kappa shape index (κ2) is 7.95. The first-order valence-corrected chi connectivity index (χ1v) is 8.65. The number of carbonyl (C=O) groups is 2. The van der Waals surface area contributed by atoms with E-state index >= 15 is 0 Å². The van der Waals surface area contributed by atoms with Crippen molar-refractivity contribution in [2.24, 2.45) is 5.92 Å². The third kappa shape index (κ3) is 4.34. The van der Waals surface area contributed by atoms with Crippen molar-refractivity contribution >= 4 is 22.6 Å². The summed E-state index contributed by atoms with van der Waals surface area (Å²) in [6.07, 6.45) is 6.00. The minimum atomic E-state index is -0.366. The van der Waals surface area contributed by atoms with Crippen LogP contribution in [0.15, 0.2) is 42.5 Å². The fourth-order valence-electron chi connectivity index (χ4n) is 3.20. The van der Waals surface area contributed by atoms with E-state index in [-0.39, 0.29) is 18.4 Å². The minimum Gasteiger partial charge on any atom is -0.464 e. The third-order valence-corrected chi connectivity index (χ3v) is 4.61. The lowest BCUT2D eigenvalue weighted by Crippen LogP contribution is -2.31. The largest absolute Gasteiger partial charge is 0.464 e. The van der Waals surface area contributed by atoms with Crippen LogP contribution in [0.2, 0.25) is 0 Å². The van der Waals surface area contributed by atoms with Crippen molar-refractivity contribution < 1.29 is 14.3 Å². The first kappa shape index (κ1) is 16.5. The predicted molar refractivity (Wildman–Crippen MR) is 93.8 cm³/mol. The summed E-state index contributed by atoms with van der Waals surface area (Å²) in [5, 5.41) is 4.73. The SMILES string of the molecule is O=C(CNC(=O)c1ccc2ccccc2c1)OCC1CCCCC1. The maximum Gasteiger partial charge on any atom is 0.325 e. The maximum atomic E-state index is 12.2. The highest BCUT2D eigenvalue weighted by Gasteiger charge is 2.16. The Morgan fingerprint density at radius 2 is 1.75 bits per heavy atom. The molecule has 0 aliphatic heterocycles. The van der Waals surface area contributed by atoms with Crippen LogP contribution in [-0.4, -0.2) is 25.0 Å². The number of nitrogens with one attached hydrogen (secondary N) is 1. The van der Waals surface area contributed by atoms with Crippen molar-refractivity contribution in [3.63, 3.8) is 0 Å². The summed E-state index contributed by atoms with van der Waals surface area (Å²) in [6, 6.07) is 13.4. The van der Waals surface area contributed by atoms with Crippen LogP contribution in [0.3, 0.4) is 0 Å². The molecule has 2 aromatic rings. The van der Waals surface area contributed by atoms with Gasteiger partial charge in [0.1, 0.15) is 6.54 Å². The molecular formula is C20H23NO3. The molecule has 0 atom stereocenters. The van der Waals surface area contributed by atoms with Gasteiger partial charge in [0.15, 0.2) is 0 Å². The lowest BCUT2D eigenvalue weighted by molar-refractivity contribution is -0.144. The van der Waals surface area contributed by atoms with Gasteiger partial charge in [0, 0.05) is 5.56 Å². The zero-order valence-electron chi connectivity index (χ0n) is 13.8. The molecule has 4 nitrogen and oxygen atoms in total. The van der Waals surface area contributed by atoms with Crippen molar-refractivity contribution in [2.75, 3.05) is 13.2 Å². The molecule has 24 heavy (non-hydrogen) atoms. The summed E-state index contributed by atoms with van der Waals surface area (Å²) in [7, 11) is 0. The molecule has 1 amide bonds. The van der Waals surface area contributed by atoms with Crippen LogP contribution in [0.4, 0.5) is 0 Å². The smallest absolute Gasteiger partial charge is 0.325 e. The van der Waals surface area contributed by atoms with E-state index in [0.717, 1.165) is 23.6 Å². The molecule has 0 aromatic heterocycles. The molecule has 0 unspecified atom stereocenters. The Kier molecular flexibility index (Phi) is 5.47. The van der Waals surface area contributed by atoms with E-state index in [0.29, 0.717) is 18.1 Å². The molecule has 1 fully saturated rings. The molecule has 1 aliphatic rings. The number of amides is 1. The van der Waals surface area contributed by atoms with Gasteiger partial charge < -0.3 is 10.1 Å². The van der Waals surface area contributed by atoms with Crippen LogP contribution in [0, 0.1) is 5.92 Å². The molecule has 0 radical (unpaired) electrons. The third-order valence-electron chi connectivity index (χ3n) is 4.61. The van der Waals surface area contributed by atoms with Crippen molar-refractivity contribution in [3.8, 4) is 0 Å². The van der Waals surface area contributed by atoms with Gasteiger partial charge in [-0.25, -0.2) is 0 Å². The lowest BCUT2D eigenvalue weighted by atomic mass is 9.90. The summed E-state index contributed by atoms with van der Waals surface area (Å²) in [6.45, 7) is 0.392. The summed E-state index contributed by atoms with van der Waals surface area (Å²) in [5.41, 5.74) is 0.550. The van der Waals surface area contributed by atoms with Crippen LogP contribution in [0.1, 0.15) is 42.5 Å². The molecule has 0 bridgehead atoms. The van der Waals surface area contributed by atoms with E-state index in [1.54, 1.807) is 6.07 Å². The topological polar surface area (TPSA) is 55.4 Å². The number of benzene rings is 2. The molecule has 0 spiro atoms. The van der Waals surface area contributed by atoms with Crippen molar-refractivity contribution in [1.29, 1.82) is 0 Å². The average molecular weight is 325 g/mol. The van der Waals surface area contributed by atoms with Gasteiger partial charge in [-0.1, -0.05) is 49.6 Å². The number of hydrogen-bond donors (Lipinski definition) is 1. The monoisotopic (exact) mass is 325 g/mol. The zero-order valence-corrected chi connectivity index (χ0v) is 13.8. The van der Waals surface area contributed by atoms with Crippen LogP contribution in [-0.2, 0) is 9.53 Å². The Balaban J connectivity index is 1.47. The number of ether oxygens (including phenoxy) is 1. The van der Waals surface area contributed by atoms with Gasteiger partial charge in [-0.05, 0) is 41.7 Å². The summed E-state index contributed by atoms with van der Waals surface area (Å²) in [4.78, 5) is 24.0. The first-order chi connectivity index (χ1) is 11.7. The van der Waals surface area contributed by atoms with Gasteiger partial charge in [0.2, 0.25) is 0 Å². The number of hydrogen-bond acceptors (Lipinski definition) is 3. The molecule has 1 saturated carbocycles. The van der Waals surface area contributed by atoms with E-state index in [4.69, 9.17) is 4.74 Å². The molecule has 1 aliphatic carbocycles. The highest BCUT2D eigenvalue weighted by Crippen LogP contribution is 2.23. The first-order valence-electron chi connectivity index (χ1n) is 8.65. The Labute approximate surface area is 142 Å². The quantitative estimate of drug-likeness (QED) is 0.853. The molecular weight excluding hydrogens is 302 g/mol. The predicted octanol–water partition coefficient (Wildman–Crippen LogP) is 3.69. The van der Waals surface area contributed by atoms with Gasteiger partial charge >= 0.3 is 5.97 Å². The molecule has 126 valence electrons. The zero-order chi connectivity index (χ0) is 16.8. The second-order valence-electron chi connectivity index (χ2n) is 6.43. The summed E-state index contributed by atoms with van der Waals surface area (Å²) < 4.78 is 5.28. The Morgan fingerprint density at radius 1 is 1.00 bits per heavy atom. The highest BCUT2D eigenvalue weighted by atomic mass is 16.5. The summed E-state index contributed by atoms with van der Waals surface area (Å²) in [5.74, 6) is -0.135. The Morgan fingerprint density at radius 3 is 2.54 bits per heavy atom. The average Bonchev–Trinajstić information content (AvgIpc) is 2.65. The fourth-order valence-corrected chi connectivity index (χ4v) is 3.20. The van der Waals surface area contributed by atoms with Gasteiger partial charge in [0.05, 0.1) is 6.61 Å². The van der Waals surface area contributed by atoms with Crippen molar-refractivity contribution in [3.05, 3.63) is 48.0 Å². The van der Waals surface area contributed by atoms with Crippen LogP contribution < -0.4 is 5.32 Å². The van der Waals surface area contributed by atoms with Crippen LogP contribution in [0.25, 0.3) is 10.8 Å². The van der Waals surface area contributed by atoms with Crippen molar-refractivity contribution in [2.45, 2.75) is 32.1 Å². The lowest BCUT2D eigenvalue weighted by Gasteiger charge is -2.21. The van der Waals surface area contributed by atoms with Gasteiger partial charge in [-0.3, -0.25) is 9.59 Å². The maximum absolute atomic E-state index is 12.2. The molecule has 3 rings (SSSR count). The van der Waals surface area contributed by atoms with Crippen LogP contribution in [0.5, 0.6) is 0 Å². The van der Waals surface area contributed by atoms with E-state index < -0.39 is 0 Å². The molecule has 0 saturated heterocycles. The van der Waals surface area contributed by atoms with E-state index in [1.165, 1.54) is 19.3 Å². The number of fused-ring (bicyclic) bond motifs is 1. The number of carbonyl (C=O) groups excluding carboxylic acids is 2. The Bertz CT molecular complexity index is 720. The second-order valence-corrected chi connectivity index (χ2v) is 6.43. The van der Waals surface area contributed by atoms with Crippen molar-refractivity contribution in [1.82, 2.24) is 5.32 Å². The molecule has 2 aromatic carbocycles. The highest BCUT2D eigenvalue weighted by molar-refractivity contribution is 5.99. The van der Waals surface area contributed by atoms with E-state index in [9.17, 15) is 9.59 Å². The number of esters is 1. The molecule has 1 N–H and O–H groups in total. The molecule has 4 heteroatoms. The van der Waals surface area contributed by atoms with Gasteiger partial charge in [-0.15, -0.1) is 0 Å².